The number of hydrogen-bond donors (Lipinski definition) is 0. The maximum absolute atomic E-state index is 14.3. The molecule has 1 aromatic heterocycles. The van der Waals surface area contributed by atoms with Gasteiger partial charge in [-0.3, -0.25) is 9.69 Å². The summed E-state index contributed by atoms with van der Waals surface area (Å²) in [6, 6.07) is 2.80. The largest absolute Gasteiger partial charge is 0.376 e. The third-order valence-electron chi connectivity index (χ3n) is 9.22. The molecule has 2 unspecified atom stereocenters. The third-order valence-corrected chi connectivity index (χ3v) is 9.22. The highest BCUT2D eigenvalue weighted by molar-refractivity contribution is 5.87. The molecule has 0 aromatic carbocycles. The molecule has 3 fully saturated rings. The number of anilines is 2. The molecule has 0 bridgehead atoms. The van der Waals surface area contributed by atoms with Crippen molar-refractivity contribution in [3.05, 3.63) is 42.1 Å². The predicted molar refractivity (Wildman–Crippen MR) is 139 cm³/mol. The first-order valence-electron chi connectivity index (χ1n) is 13.7. The number of piperidine rings is 1. The molecule has 6 rings (SSSR count). The summed E-state index contributed by atoms with van der Waals surface area (Å²) in [6.07, 6.45) is 7.62. The highest BCUT2D eigenvalue weighted by atomic mass is 19.3. The predicted octanol–water partition coefficient (Wildman–Crippen LogP) is 3.42. The van der Waals surface area contributed by atoms with Gasteiger partial charge in [0.15, 0.2) is 0 Å². The molecule has 0 radical (unpaired) electrons. The Hall–Kier alpha value is -2.52. The zero-order valence-corrected chi connectivity index (χ0v) is 21.5. The first kappa shape index (κ1) is 24.8. The lowest BCUT2D eigenvalue weighted by Crippen LogP contribution is -2.69. The Kier molecular flexibility index (Phi) is 6.69. The molecule has 3 saturated heterocycles. The van der Waals surface area contributed by atoms with Gasteiger partial charge in [-0.05, 0) is 38.2 Å². The number of pyridine rings is 1. The number of fused-ring (bicyclic) bond motifs is 3. The molecule has 200 valence electrons. The average molecular weight is 514 g/mol. The second-order valence-electron chi connectivity index (χ2n) is 11.2. The minimum atomic E-state index is -2.58. The summed E-state index contributed by atoms with van der Waals surface area (Å²) in [5.41, 5.74) is 1.73. The number of carbonyl (C=O) groups excluding carboxylic acids is 1. The average Bonchev–Trinajstić information content (AvgIpc) is 3.05. The van der Waals surface area contributed by atoms with Crippen molar-refractivity contribution in [1.29, 1.82) is 0 Å². The van der Waals surface area contributed by atoms with Gasteiger partial charge in [-0.1, -0.05) is 18.7 Å². The van der Waals surface area contributed by atoms with Gasteiger partial charge < -0.3 is 19.4 Å². The smallest absolute Gasteiger partial charge is 0.280 e. The third kappa shape index (κ3) is 4.54. The summed E-state index contributed by atoms with van der Waals surface area (Å²) in [5, 5.41) is 0. The Morgan fingerprint density at radius 1 is 1.16 bits per heavy atom. The number of rotatable bonds is 4. The van der Waals surface area contributed by atoms with Crippen LogP contribution in [0, 0.1) is 5.41 Å². The van der Waals surface area contributed by atoms with E-state index in [0.29, 0.717) is 44.0 Å². The van der Waals surface area contributed by atoms with Crippen LogP contribution in [0.15, 0.2) is 30.9 Å². The van der Waals surface area contributed by atoms with E-state index >= 15 is 0 Å². The van der Waals surface area contributed by atoms with Crippen LogP contribution in [0.2, 0.25) is 0 Å². The van der Waals surface area contributed by atoms with E-state index in [0.717, 1.165) is 76.3 Å². The normalized spacial score (nSPS) is 27.5. The number of carbonyl (C=O) groups is 1. The van der Waals surface area contributed by atoms with Gasteiger partial charge in [0.05, 0.1) is 13.2 Å². The molecule has 1 aromatic rings. The number of halogens is 2. The molecule has 9 heteroatoms. The lowest BCUT2D eigenvalue weighted by atomic mass is 9.78. The number of hydrogen-bond acceptors (Lipinski definition) is 6. The lowest BCUT2D eigenvalue weighted by Gasteiger charge is -2.55. The van der Waals surface area contributed by atoms with Crippen LogP contribution in [0.5, 0.6) is 0 Å². The van der Waals surface area contributed by atoms with Crippen molar-refractivity contribution in [3.8, 4) is 0 Å². The second kappa shape index (κ2) is 9.98. The van der Waals surface area contributed by atoms with Crippen molar-refractivity contribution < 1.29 is 18.3 Å². The zero-order chi connectivity index (χ0) is 25.6. The van der Waals surface area contributed by atoms with Gasteiger partial charge in [-0.15, -0.1) is 0 Å². The zero-order valence-electron chi connectivity index (χ0n) is 21.5. The fraction of sp³-hybridized carbons (Fsp3) is 0.643. The molecule has 7 nitrogen and oxygen atoms in total. The maximum Gasteiger partial charge on any atom is 0.280 e. The fourth-order valence-corrected chi connectivity index (χ4v) is 6.99. The van der Waals surface area contributed by atoms with Crippen LogP contribution < -0.4 is 9.80 Å². The van der Waals surface area contributed by atoms with E-state index in [9.17, 15) is 13.6 Å². The SMILES string of the molecule is C=CC(=O)N1CCN(C2CN3c4cc(N5CCC6(C=CCOC6)CC5)nc(C(F)F)c4CCCC23)CC1. The molecule has 0 N–H and O–H groups in total. The molecule has 0 saturated carbocycles. The van der Waals surface area contributed by atoms with Gasteiger partial charge in [0.1, 0.15) is 11.5 Å². The van der Waals surface area contributed by atoms with Crippen molar-refractivity contribution >= 4 is 17.4 Å². The van der Waals surface area contributed by atoms with E-state index < -0.39 is 6.43 Å². The van der Waals surface area contributed by atoms with E-state index in [1.54, 1.807) is 0 Å². The molecule has 37 heavy (non-hydrogen) atoms. The maximum atomic E-state index is 14.3. The fourth-order valence-electron chi connectivity index (χ4n) is 6.99. The number of ether oxygens (including phenoxy) is 1. The highest BCUT2D eigenvalue weighted by Crippen LogP contribution is 2.44. The van der Waals surface area contributed by atoms with Crippen molar-refractivity contribution in [1.82, 2.24) is 14.8 Å². The van der Waals surface area contributed by atoms with E-state index in [1.165, 1.54) is 6.08 Å². The van der Waals surface area contributed by atoms with Gasteiger partial charge in [0, 0.05) is 80.6 Å². The van der Waals surface area contributed by atoms with Crippen LogP contribution in [-0.4, -0.2) is 91.8 Å². The second-order valence-corrected chi connectivity index (χ2v) is 11.2. The van der Waals surface area contributed by atoms with Crippen LogP contribution in [-0.2, 0) is 16.0 Å². The molecule has 1 amide bonds. The molecule has 5 aliphatic rings. The van der Waals surface area contributed by atoms with Crippen LogP contribution >= 0.6 is 0 Å². The Bertz CT molecular complexity index is 1060. The van der Waals surface area contributed by atoms with Gasteiger partial charge in [0.2, 0.25) is 5.91 Å². The summed E-state index contributed by atoms with van der Waals surface area (Å²) in [5.74, 6) is 0.679. The van der Waals surface area contributed by atoms with Gasteiger partial charge in [-0.2, -0.15) is 0 Å². The summed E-state index contributed by atoms with van der Waals surface area (Å²) >= 11 is 0. The van der Waals surface area contributed by atoms with Crippen LogP contribution in [0.4, 0.5) is 20.3 Å². The summed E-state index contributed by atoms with van der Waals surface area (Å²) in [7, 11) is 0. The Morgan fingerprint density at radius 2 is 1.95 bits per heavy atom. The van der Waals surface area contributed by atoms with E-state index in [-0.39, 0.29) is 17.0 Å². The van der Waals surface area contributed by atoms with E-state index in [4.69, 9.17) is 4.74 Å². The Balaban J connectivity index is 1.20. The van der Waals surface area contributed by atoms with Crippen molar-refractivity contribution in [2.75, 3.05) is 68.8 Å². The minimum Gasteiger partial charge on any atom is -0.376 e. The first-order chi connectivity index (χ1) is 18.0. The van der Waals surface area contributed by atoms with E-state index in [1.807, 2.05) is 4.90 Å². The first-order valence-corrected chi connectivity index (χ1v) is 13.7. The summed E-state index contributed by atoms with van der Waals surface area (Å²) < 4.78 is 34.3. The summed E-state index contributed by atoms with van der Waals surface area (Å²) in [6.45, 7) is 10.6. The Morgan fingerprint density at radius 3 is 2.62 bits per heavy atom. The van der Waals surface area contributed by atoms with Gasteiger partial charge >= 0.3 is 0 Å². The quantitative estimate of drug-likeness (QED) is 0.455. The lowest BCUT2D eigenvalue weighted by molar-refractivity contribution is -0.128. The van der Waals surface area contributed by atoms with Crippen molar-refractivity contribution in [3.63, 3.8) is 0 Å². The highest BCUT2D eigenvalue weighted by Gasteiger charge is 2.46. The van der Waals surface area contributed by atoms with Crippen LogP contribution in [0.3, 0.4) is 0 Å². The van der Waals surface area contributed by atoms with E-state index in [2.05, 4.69) is 44.5 Å². The molecule has 6 heterocycles. The monoisotopic (exact) mass is 513 g/mol. The van der Waals surface area contributed by atoms with Gasteiger partial charge in [-0.25, -0.2) is 13.8 Å². The van der Waals surface area contributed by atoms with Crippen LogP contribution in [0.1, 0.15) is 43.4 Å². The molecule has 1 spiro atoms. The topological polar surface area (TPSA) is 52.2 Å². The number of amides is 1. The molecular formula is C28H37F2N5O2. The molecular weight excluding hydrogens is 476 g/mol. The van der Waals surface area contributed by atoms with Crippen molar-refractivity contribution in [2.45, 2.75) is 50.6 Å². The number of piperazine rings is 1. The summed E-state index contributed by atoms with van der Waals surface area (Å²) in [4.78, 5) is 25.4. The molecule has 0 aliphatic carbocycles. The molecule has 2 atom stereocenters. The number of nitrogens with zero attached hydrogens (tertiary/aromatic N) is 5. The molecule has 5 aliphatic heterocycles. The Labute approximate surface area is 217 Å². The van der Waals surface area contributed by atoms with Crippen LogP contribution in [0.25, 0.3) is 0 Å². The number of alkyl halides is 2. The van der Waals surface area contributed by atoms with Crippen molar-refractivity contribution in [2.24, 2.45) is 5.41 Å². The minimum absolute atomic E-state index is 0.00601. The number of aromatic nitrogens is 1. The van der Waals surface area contributed by atoms with Gasteiger partial charge in [0.25, 0.3) is 6.43 Å². The standard InChI is InChI=1S/C28H37F2N5O2/c1-2-25(36)34-14-12-32(13-15-34)23-18-35-21(23)6-3-5-20-22(35)17-24(31-26(20)27(29)30)33-10-8-28(9-11-33)7-4-16-37-19-28/h2,4,7,17,21,23,27H,1,3,5-6,8-16,18-19H2.